The van der Waals surface area contributed by atoms with Crippen LogP contribution in [0.15, 0.2) is 61.2 Å². The number of hydrogen-bond acceptors (Lipinski definition) is 2. The van der Waals surface area contributed by atoms with Crippen LogP contribution in [-0.4, -0.2) is 19.7 Å². The molecule has 0 bridgehead atoms. The molecule has 0 aliphatic rings. The number of benzene rings is 1. The molecule has 4 rings (SSSR count). The Hall–Kier alpha value is -3.09. The number of rotatable bonds is 3. The highest BCUT2D eigenvalue weighted by Crippen LogP contribution is 2.30. The van der Waals surface area contributed by atoms with E-state index in [0.29, 0.717) is 5.56 Å². The highest BCUT2D eigenvalue weighted by molar-refractivity contribution is 5.92. The van der Waals surface area contributed by atoms with Gasteiger partial charge in [-0.25, -0.2) is 4.98 Å². The van der Waals surface area contributed by atoms with E-state index in [1.807, 2.05) is 24.5 Å². The fraction of sp³-hybridized carbons (Fsp3) is 0.111. The first-order valence-corrected chi connectivity index (χ1v) is 7.62. The normalized spacial score (nSPS) is 12.0. The second kappa shape index (κ2) is 5.77. The minimum absolute atomic E-state index is 0.269. The standard InChI is InChI=1S/C18H13F3N4/c19-18(20,21)14-3-1-2-12(8-14)10-25-11-13(9-24-25)15-4-6-22-17-16(15)5-7-23-17/h1-9,11H,10H2,(H,22,23). The van der Waals surface area contributed by atoms with Crippen molar-refractivity contribution >= 4 is 11.0 Å². The number of H-pyrrole nitrogens is 1. The Morgan fingerprint density at radius 1 is 1.12 bits per heavy atom. The average molecular weight is 342 g/mol. The van der Waals surface area contributed by atoms with E-state index in [9.17, 15) is 13.2 Å². The Kier molecular flexibility index (Phi) is 3.56. The van der Waals surface area contributed by atoms with Crippen molar-refractivity contribution in [2.45, 2.75) is 12.7 Å². The van der Waals surface area contributed by atoms with Gasteiger partial charge in [-0.3, -0.25) is 4.68 Å². The van der Waals surface area contributed by atoms with E-state index in [0.717, 1.165) is 34.3 Å². The van der Waals surface area contributed by atoms with Crippen LogP contribution in [0, 0.1) is 0 Å². The van der Waals surface area contributed by atoms with Gasteiger partial charge in [0.25, 0.3) is 0 Å². The van der Waals surface area contributed by atoms with Crippen molar-refractivity contribution in [2.75, 3.05) is 0 Å². The van der Waals surface area contributed by atoms with Crippen LogP contribution in [0.5, 0.6) is 0 Å². The monoisotopic (exact) mass is 342 g/mol. The average Bonchev–Trinajstić information content (AvgIpc) is 3.23. The molecule has 0 radical (unpaired) electrons. The van der Waals surface area contributed by atoms with Gasteiger partial charge in [0, 0.05) is 29.5 Å². The number of pyridine rings is 1. The van der Waals surface area contributed by atoms with Gasteiger partial charge < -0.3 is 4.98 Å². The lowest BCUT2D eigenvalue weighted by atomic mass is 10.1. The number of nitrogens with one attached hydrogen (secondary N) is 1. The SMILES string of the molecule is FC(F)(F)c1cccc(Cn2cc(-c3ccnc4[nH]ccc34)cn2)c1. The molecule has 1 aromatic carbocycles. The molecule has 126 valence electrons. The molecule has 0 saturated heterocycles. The first kappa shape index (κ1) is 15.4. The summed E-state index contributed by atoms with van der Waals surface area (Å²) in [5, 5.41) is 5.25. The minimum Gasteiger partial charge on any atom is -0.346 e. The van der Waals surface area contributed by atoms with Crippen molar-refractivity contribution in [1.29, 1.82) is 0 Å². The van der Waals surface area contributed by atoms with E-state index in [1.54, 1.807) is 23.1 Å². The summed E-state index contributed by atoms with van der Waals surface area (Å²) in [7, 11) is 0. The zero-order valence-electron chi connectivity index (χ0n) is 13.0. The third-order valence-corrected chi connectivity index (χ3v) is 4.00. The molecule has 4 aromatic rings. The molecule has 0 unspecified atom stereocenters. The van der Waals surface area contributed by atoms with Crippen molar-refractivity contribution < 1.29 is 13.2 Å². The van der Waals surface area contributed by atoms with E-state index >= 15 is 0 Å². The lowest BCUT2D eigenvalue weighted by Crippen LogP contribution is -2.07. The van der Waals surface area contributed by atoms with Gasteiger partial charge >= 0.3 is 6.18 Å². The Morgan fingerprint density at radius 2 is 2.00 bits per heavy atom. The van der Waals surface area contributed by atoms with Crippen LogP contribution in [0.4, 0.5) is 13.2 Å². The molecular weight excluding hydrogens is 329 g/mol. The summed E-state index contributed by atoms with van der Waals surface area (Å²) >= 11 is 0. The molecule has 3 heterocycles. The maximum Gasteiger partial charge on any atom is 0.416 e. The van der Waals surface area contributed by atoms with Crippen molar-refractivity contribution in [1.82, 2.24) is 19.7 Å². The van der Waals surface area contributed by atoms with Crippen molar-refractivity contribution in [3.05, 3.63) is 72.3 Å². The maximum atomic E-state index is 12.8. The maximum absolute atomic E-state index is 12.8. The quantitative estimate of drug-likeness (QED) is 0.596. The predicted octanol–water partition coefficient (Wildman–Crippen LogP) is 4.49. The molecule has 0 atom stereocenters. The summed E-state index contributed by atoms with van der Waals surface area (Å²) < 4.78 is 40.1. The molecule has 7 heteroatoms. The molecule has 3 aromatic heterocycles. The highest BCUT2D eigenvalue weighted by Gasteiger charge is 2.30. The van der Waals surface area contributed by atoms with Crippen LogP contribution < -0.4 is 0 Å². The van der Waals surface area contributed by atoms with Crippen LogP contribution in [0.3, 0.4) is 0 Å². The van der Waals surface area contributed by atoms with Crippen LogP contribution in [0.25, 0.3) is 22.2 Å². The fourth-order valence-corrected chi connectivity index (χ4v) is 2.83. The van der Waals surface area contributed by atoms with E-state index in [1.165, 1.54) is 6.07 Å². The first-order valence-electron chi connectivity index (χ1n) is 7.62. The number of hydrogen-bond donors (Lipinski definition) is 1. The summed E-state index contributed by atoms with van der Waals surface area (Å²) in [5.41, 5.74) is 2.54. The Balaban J connectivity index is 1.63. The lowest BCUT2D eigenvalue weighted by Gasteiger charge is -2.08. The van der Waals surface area contributed by atoms with Gasteiger partial charge in [-0.15, -0.1) is 0 Å². The smallest absolute Gasteiger partial charge is 0.346 e. The number of aromatic amines is 1. The predicted molar refractivity (Wildman–Crippen MR) is 87.9 cm³/mol. The summed E-state index contributed by atoms with van der Waals surface area (Å²) in [6.45, 7) is 0.269. The number of alkyl halides is 3. The van der Waals surface area contributed by atoms with E-state index in [2.05, 4.69) is 15.1 Å². The van der Waals surface area contributed by atoms with Gasteiger partial charge in [-0.2, -0.15) is 18.3 Å². The zero-order chi connectivity index (χ0) is 17.4. The largest absolute Gasteiger partial charge is 0.416 e. The number of halogens is 3. The van der Waals surface area contributed by atoms with E-state index in [-0.39, 0.29) is 6.54 Å². The summed E-state index contributed by atoms with van der Waals surface area (Å²) in [5.74, 6) is 0. The van der Waals surface area contributed by atoms with Crippen molar-refractivity contribution in [3.63, 3.8) is 0 Å². The molecule has 0 amide bonds. The summed E-state index contributed by atoms with van der Waals surface area (Å²) in [6, 6.07) is 9.11. The van der Waals surface area contributed by atoms with Crippen LogP contribution in [-0.2, 0) is 12.7 Å². The molecule has 0 saturated carbocycles. The minimum atomic E-state index is -4.35. The molecule has 1 N–H and O–H groups in total. The van der Waals surface area contributed by atoms with Crippen LogP contribution >= 0.6 is 0 Å². The third-order valence-electron chi connectivity index (χ3n) is 4.00. The fourth-order valence-electron chi connectivity index (χ4n) is 2.83. The topological polar surface area (TPSA) is 46.5 Å². The molecule has 0 aliphatic heterocycles. The first-order chi connectivity index (χ1) is 12.0. The highest BCUT2D eigenvalue weighted by atomic mass is 19.4. The van der Waals surface area contributed by atoms with Gasteiger partial charge in [0.05, 0.1) is 18.3 Å². The lowest BCUT2D eigenvalue weighted by molar-refractivity contribution is -0.137. The Morgan fingerprint density at radius 3 is 2.84 bits per heavy atom. The van der Waals surface area contributed by atoms with Crippen LogP contribution in [0.1, 0.15) is 11.1 Å². The van der Waals surface area contributed by atoms with Gasteiger partial charge in [0.2, 0.25) is 0 Å². The molecule has 0 spiro atoms. The molecular formula is C18H13F3N4. The summed E-state index contributed by atoms with van der Waals surface area (Å²) in [6.07, 6.45) is 2.70. The van der Waals surface area contributed by atoms with Crippen molar-refractivity contribution in [2.24, 2.45) is 0 Å². The molecule has 4 nitrogen and oxygen atoms in total. The van der Waals surface area contributed by atoms with Gasteiger partial charge in [-0.1, -0.05) is 12.1 Å². The van der Waals surface area contributed by atoms with E-state index < -0.39 is 11.7 Å². The van der Waals surface area contributed by atoms with Crippen molar-refractivity contribution in [3.8, 4) is 11.1 Å². The second-order valence-corrected chi connectivity index (χ2v) is 5.72. The van der Waals surface area contributed by atoms with Gasteiger partial charge in [0.15, 0.2) is 0 Å². The Labute approximate surface area is 140 Å². The Bertz CT molecular complexity index is 1030. The number of nitrogens with zero attached hydrogens (tertiary/aromatic N) is 3. The molecule has 0 aliphatic carbocycles. The number of fused-ring (bicyclic) bond motifs is 1. The van der Waals surface area contributed by atoms with Crippen LogP contribution in [0.2, 0.25) is 0 Å². The van der Waals surface area contributed by atoms with E-state index in [4.69, 9.17) is 0 Å². The summed E-state index contributed by atoms with van der Waals surface area (Å²) in [4.78, 5) is 7.30. The number of aromatic nitrogens is 4. The van der Waals surface area contributed by atoms with Gasteiger partial charge in [-0.05, 0) is 35.4 Å². The third kappa shape index (κ3) is 3.00. The second-order valence-electron chi connectivity index (χ2n) is 5.72. The van der Waals surface area contributed by atoms with Gasteiger partial charge in [0.1, 0.15) is 5.65 Å². The zero-order valence-corrected chi connectivity index (χ0v) is 13.0. The molecule has 0 fully saturated rings. The molecule has 25 heavy (non-hydrogen) atoms.